The van der Waals surface area contributed by atoms with Gasteiger partial charge in [-0.1, -0.05) is 0 Å². The molecule has 0 aliphatic carbocycles. The molecular weight excluding hydrogens is 379 g/mol. The zero-order valence-corrected chi connectivity index (χ0v) is 15.4. The number of hydrogen-bond acceptors (Lipinski definition) is 5. The maximum absolute atomic E-state index is 13.3. The van der Waals surface area contributed by atoms with Gasteiger partial charge in [0, 0.05) is 40.3 Å². The number of rotatable bonds is 4. The Labute approximate surface area is 148 Å². The van der Waals surface area contributed by atoms with E-state index in [2.05, 4.69) is 10.4 Å². The second kappa shape index (κ2) is 6.95. The Morgan fingerprint density at radius 1 is 1.38 bits per heavy atom. The number of urea groups is 1. The molecule has 0 aromatic carbocycles. The molecule has 2 amide bonds. The van der Waals surface area contributed by atoms with Crippen LogP contribution in [0.4, 0.5) is 23.8 Å². The number of carbonyl (C=O) groups is 1. The van der Waals surface area contributed by atoms with Crippen LogP contribution in [-0.2, 0) is 17.1 Å². The summed E-state index contributed by atoms with van der Waals surface area (Å²) >= 11 is 0. The summed E-state index contributed by atoms with van der Waals surface area (Å²) in [6.45, 7) is -1.32. The average Bonchev–Trinajstić information content (AvgIpc) is 3.10. The molecule has 0 radical (unpaired) electrons. The number of halogens is 3. The lowest BCUT2D eigenvalue weighted by atomic mass is 10.1. The van der Waals surface area contributed by atoms with Crippen LogP contribution in [0.1, 0.15) is 0 Å². The van der Waals surface area contributed by atoms with E-state index in [0.717, 1.165) is 23.3 Å². The molecule has 2 atom stereocenters. The van der Waals surface area contributed by atoms with Gasteiger partial charge in [0.15, 0.2) is 5.82 Å². The molecule has 9 nitrogen and oxygen atoms in total. The lowest BCUT2D eigenvalue weighted by Crippen LogP contribution is -2.43. The number of methoxy groups -OCH3 is 1. The van der Waals surface area contributed by atoms with Gasteiger partial charge in [-0.15, -0.1) is 0 Å². The van der Waals surface area contributed by atoms with Gasteiger partial charge in [-0.3, -0.25) is 5.32 Å². The quantitative estimate of drug-likeness (QED) is 0.805. The molecule has 1 N–H and O–H groups in total. The van der Waals surface area contributed by atoms with Crippen molar-refractivity contribution < 1.29 is 31.1 Å². The summed E-state index contributed by atoms with van der Waals surface area (Å²) in [6.07, 6.45) is -4.75. The zero-order chi connectivity index (χ0) is 19.9. The number of aromatic nitrogens is 2. The first-order chi connectivity index (χ1) is 11.9. The van der Waals surface area contributed by atoms with Gasteiger partial charge in [0.25, 0.3) is 0 Å². The van der Waals surface area contributed by atoms with E-state index >= 15 is 0 Å². The Balaban J connectivity index is 2.21. The molecule has 0 spiro atoms. The van der Waals surface area contributed by atoms with Gasteiger partial charge in [-0.05, 0) is 0 Å². The number of hydrogen-bond donors (Lipinski definition) is 1. The van der Waals surface area contributed by atoms with Crippen LogP contribution in [0.15, 0.2) is 6.07 Å². The van der Waals surface area contributed by atoms with Crippen molar-refractivity contribution in [2.24, 2.45) is 13.0 Å². The van der Waals surface area contributed by atoms with E-state index in [-0.39, 0.29) is 5.82 Å². The maximum Gasteiger partial charge on any atom is 0.394 e. The monoisotopic (exact) mass is 399 g/mol. The predicted octanol–water partition coefficient (Wildman–Crippen LogP) is 0.715. The highest BCUT2D eigenvalue weighted by Crippen LogP contribution is 2.37. The Hall–Kier alpha value is -2.02. The van der Waals surface area contributed by atoms with Crippen LogP contribution < -0.4 is 10.1 Å². The molecule has 2 heterocycles. The van der Waals surface area contributed by atoms with Crippen molar-refractivity contribution in [3.05, 3.63) is 6.07 Å². The number of nitrogens with one attached hydrogen (secondary N) is 1. The molecule has 1 saturated heterocycles. The predicted molar refractivity (Wildman–Crippen MR) is 86.3 cm³/mol. The zero-order valence-electron chi connectivity index (χ0n) is 14.6. The van der Waals surface area contributed by atoms with E-state index in [1.807, 2.05) is 0 Å². The number of anilines is 1. The lowest BCUT2D eigenvalue weighted by molar-refractivity contribution is -0.169. The smallest absolute Gasteiger partial charge is 0.394 e. The SMILES string of the molecule is COc1cc(NC(=O)N2C[C@@H](C(F)(F)F)[C@H](S(=O)(=O)N(C)C)C2)nn1C. The van der Waals surface area contributed by atoms with Crippen molar-refractivity contribution in [3.8, 4) is 5.88 Å². The average molecular weight is 399 g/mol. The molecule has 0 unspecified atom stereocenters. The third-order valence-corrected chi connectivity index (χ3v) is 6.41. The van der Waals surface area contributed by atoms with Crippen molar-refractivity contribution in [3.63, 3.8) is 0 Å². The van der Waals surface area contributed by atoms with Crippen molar-refractivity contribution in [2.45, 2.75) is 11.4 Å². The fourth-order valence-corrected chi connectivity index (χ4v) is 4.28. The number of aryl methyl sites for hydroxylation is 1. The van der Waals surface area contributed by atoms with Gasteiger partial charge in [-0.25, -0.2) is 22.2 Å². The van der Waals surface area contributed by atoms with Crippen LogP contribution in [-0.4, -0.2) is 79.2 Å². The number of nitrogens with zero attached hydrogens (tertiary/aromatic N) is 4. The molecular formula is C13H20F3N5O4S. The summed E-state index contributed by atoms with van der Waals surface area (Å²) in [5.74, 6) is -1.75. The van der Waals surface area contributed by atoms with E-state index in [1.165, 1.54) is 17.9 Å². The third kappa shape index (κ3) is 3.87. The molecule has 26 heavy (non-hydrogen) atoms. The molecule has 1 fully saturated rings. The topological polar surface area (TPSA) is 96.8 Å². The molecule has 0 saturated carbocycles. The van der Waals surface area contributed by atoms with Crippen molar-refractivity contribution in [1.29, 1.82) is 0 Å². The molecule has 148 valence electrons. The minimum Gasteiger partial charge on any atom is -0.481 e. The van der Waals surface area contributed by atoms with Crippen LogP contribution in [0.3, 0.4) is 0 Å². The molecule has 2 rings (SSSR count). The van der Waals surface area contributed by atoms with E-state index < -0.39 is 46.5 Å². The minimum absolute atomic E-state index is 0.0804. The van der Waals surface area contributed by atoms with E-state index in [0.29, 0.717) is 5.88 Å². The van der Waals surface area contributed by atoms with Gasteiger partial charge in [0.2, 0.25) is 15.9 Å². The number of ether oxygens (including phenoxy) is 1. The summed E-state index contributed by atoms with van der Waals surface area (Å²) in [4.78, 5) is 13.1. The van der Waals surface area contributed by atoms with Crippen LogP contribution in [0.2, 0.25) is 0 Å². The van der Waals surface area contributed by atoms with Crippen molar-refractivity contribution in [2.75, 3.05) is 39.6 Å². The van der Waals surface area contributed by atoms with E-state index in [4.69, 9.17) is 4.74 Å². The van der Waals surface area contributed by atoms with Gasteiger partial charge in [0.05, 0.1) is 13.0 Å². The van der Waals surface area contributed by atoms with Crippen LogP contribution >= 0.6 is 0 Å². The summed E-state index contributed by atoms with van der Waals surface area (Å²) in [5.41, 5.74) is 0. The number of amides is 2. The molecule has 0 bridgehead atoms. The van der Waals surface area contributed by atoms with Crippen molar-refractivity contribution in [1.82, 2.24) is 19.0 Å². The first kappa shape index (κ1) is 20.3. The Morgan fingerprint density at radius 3 is 2.46 bits per heavy atom. The standard InChI is InChI=1S/C13H20F3N5O4S/c1-19(2)26(23,24)9-7-21(6-8(9)13(14,15)16)12(22)17-10-5-11(25-4)20(3)18-10/h5,8-9H,6-7H2,1-4H3,(H,17,18,22)/t8-,9-/m1/s1. The first-order valence-electron chi connectivity index (χ1n) is 7.50. The van der Waals surface area contributed by atoms with Crippen LogP contribution in [0, 0.1) is 5.92 Å². The highest BCUT2D eigenvalue weighted by atomic mass is 32.2. The van der Waals surface area contributed by atoms with Gasteiger partial charge in [-0.2, -0.15) is 18.3 Å². The first-order valence-corrected chi connectivity index (χ1v) is 9.00. The molecule has 1 aliphatic rings. The van der Waals surface area contributed by atoms with Crippen LogP contribution in [0.25, 0.3) is 0 Å². The molecule has 1 aliphatic heterocycles. The lowest BCUT2D eigenvalue weighted by Gasteiger charge is -2.23. The third-order valence-electron chi connectivity index (χ3n) is 4.15. The van der Waals surface area contributed by atoms with E-state index in [1.54, 1.807) is 7.05 Å². The Kier molecular flexibility index (Phi) is 5.42. The summed E-state index contributed by atoms with van der Waals surface area (Å²) in [5, 5.41) is 4.53. The van der Waals surface area contributed by atoms with Crippen molar-refractivity contribution >= 4 is 21.9 Å². The highest BCUT2D eigenvalue weighted by molar-refractivity contribution is 7.89. The number of likely N-dealkylation sites (tertiary alicyclic amines) is 1. The van der Waals surface area contributed by atoms with Gasteiger partial charge in [0.1, 0.15) is 5.25 Å². The second-order valence-electron chi connectivity index (χ2n) is 6.04. The van der Waals surface area contributed by atoms with Crippen LogP contribution in [0.5, 0.6) is 5.88 Å². The number of alkyl halides is 3. The Bertz CT molecular complexity index is 777. The van der Waals surface area contributed by atoms with Gasteiger partial charge < -0.3 is 9.64 Å². The molecule has 1 aromatic heterocycles. The fraction of sp³-hybridized carbons (Fsp3) is 0.692. The summed E-state index contributed by atoms with van der Waals surface area (Å²) < 4.78 is 71.4. The number of sulfonamides is 1. The summed E-state index contributed by atoms with van der Waals surface area (Å²) in [6, 6.07) is 0.528. The maximum atomic E-state index is 13.3. The highest BCUT2D eigenvalue weighted by Gasteiger charge is 2.56. The molecule has 13 heteroatoms. The normalized spacial score (nSPS) is 21.3. The molecule has 1 aromatic rings. The Morgan fingerprint density at radius 2 is 2.00 bits per heavy atom. The number of carbonyl (C=O) groups excluding carboxylic acids is 1. The minimum atomic E-state index is -4.75. The largest absolute Gasteiger partial charge is 0.481 e. The van der Waals surface area contributed by atoms with Gasteiger partial charge >= 0.3 is 12.2 Å². The fourth-order valence-electron chi connectivity index (χ4n) is 2.72. The summed E-state index contributed by atoms with van der Waals surface area (Å²) in [7, 11) is 1.07. The second-order valence-corrected chi connectivity index (χ2v) is 8.41. The van der Waals surface area contributed by atoms with E-state index in [9.17, 15) is 26.4 Å².